The number of hydrogen-bond donors (Lipinski definition) is 1. The van der Waals surface area contributed by atoms with Gasteiger partial charge in [0, 0.05) is 44.3 Å². The van der Waals surface area contributed by atoms with Gasteiger partial charge in [-0.2, -0.15) is 0 Å². The van der Waals surface area contributed by atoms with Gasteiger partial charge < -0.3 is 24.4 Å². The number of ketones is 1. The smallest absolute Gasteiger partial charge is 0.295 e. The minimum atomic E-state index is -0.771. The Morgan fingerprint density at radius 1 is 0.971 bits per heavy atom. The molecule has 0 saturated carbocycles. The number of Topliss-reactive ketones (excluding diaryl/α,β-unsaturated/α-hetero) is 1. The summed E-state index contributed by atoms with van der Waals surface area (Å²) in [6, 6.07) is 15.2. The molecule has 1 atom stereocenters. The Hall–Kier alpha value is -4.33. The number of carbonyl (C=O) groups excluding carboxylic acids is 2. The molecule has 1 amide bonds. The second kappa shape index (κ2) is 9.89. The summed E-state index contributed by atoms with van der Waals surface area (Å²) in [6.45, 7) is 0.190. The van der Waals surface area contributed by atoms with Gasteiger partial charge in [0.15, 0.2) is 11.5 Å². The number of benzene rings is 2. The highest BCUT2D eigenvalue weighted by Crippen LogP contribution is 2.41. The van der Waals surface area contributed by atoms with Crippen molar-refractivity contribution in [3.8, 4) is 11.5 Å². The molecule has 2 aromatic carbocycles. The van der Waals surface area contributed by atoms with Gasteiger partial charge in [0.2, 0.25) is 0 Å². The van der Waals surface area contributed by atoms with Crippen molar-refractivity contribution in [3.05, 3.63) is 89.3 Å². The standard InChI is InChI=1S/C27H27N3O5/c1-29(2)20-8-5-18(6-9-20)24-23(25(31)19-7-10-21(34-3)22(15-19)35-4)26(32)27(33)30(24)16-17-11-13-28-14-12-17/h5-15,24,31H,16H2,1-4H3/t24-/m0/s1. The van der Waals surface area contributed by atoms with E-state index in [1.54, 1.807) is 42.7 Å². The van der Waals surface area contributed by atoms with Crippen molar-refractivity contribution < 1.29 is 24.2 Å². The number of carbonyl (C=O) groups is 2. The van der Waals surface area contributed by atoms with Gasteiger partial charge in [-0.1, -0.05) is 12.1 Å². The summed E-state index contributed by atoms with van der Waals surface area (Å²) in [5, 5.41) is 11.3. The molecule has 0 bridgehead atoms. The van der Waals surface area contributed by atoms with Gasteiger partial charge in [0.1, 0.15) is 5.76 Å². The van der Waals surface area contributed by atoms with Crippen molar-refractivity contribution in [2.75, 3.05) is 33.2 Å². The summed E-state index contributed by atoms with van der Waals surface area (Å²) >= 11 is 0. The fourth-order valence-electron chi connectivity index (χ4n) is 4.17. The van der Waals surface area contributed by atoms with Gasteiger partial charge in [0.25, 0.3) is 11.7 Å². The maximum absolute atomic E-state index is 13.3. The molecule has 0 spiro atoms. The first-order valence-electron chi connectivity index (χ1n) is 11.0. The number of aliphatic hydroxyl groups excluding tert-OH is 1. The minimum Gasteiger partial charge on any atom is -0.507 e. The van der Waals surface area contributed by atoms with Crippen LogP contribution in [0.3, 0.4) is 0 Å². The Morgan fingerprint density at radius 2 is 1.63 bits per heavy atom. The van der Waals surface area contributed by atoms with Crippen molar-refractivity contribution in [1.29, 1.82) is 0 Å². The lowest BCUT2D eigenvalue weighted by molar-refractivity contribution is -0.140. The third kappa shape index (κ3) is 4.55. The lowest BCUT2D eigenvalue weighted by atomic mass is 9.94. The van der Waals surface area contributed by atoms with Crippen LogP contribution in [0.2, 0.25) is 0 Å². The predicted octanol–water partition coefficient (Wildman–Crippen LogP) is 3.79. The first kappa shape index (κ1) is 23.8. The van der Waals surface area contributed by atoms with E-state index in [0.29, 0.717) is 22.6 Å². The molecule has 4 rings (SSSR count). The molecule has 1 aromatic heterocycles. The van der Waals surface area contributed by atoms with E-state index in [0.717, 1.165) is 11.3 Å². The molecule has 35 heavy (non-hydrogen) atoms. The molecule has 0 unspecified atom stereocenters. The van der Waals surface area contributed by atoms with E-state index in [1.807, 2.05) is 43.3 Å². The molecule has 0 radical (unpaired) electrons. The SMILES string of the molecule is COc1ccc(C(O)=C2C(=O)C(=O)N(Cc3ccncc3)[C@H]2c2ccc(N(C)C)cc2)cc1OC. The summed E-state index contributed by atoms with van der Waals surface area (Å²) in [6.07, 6.45) is 3.27. The third-order valence-corrected chi connectivity index (χ3v) is 6.02. The van der Waals surface area contributed by atoms with Crippen LogP contribution in [0, 0.1) is 0 Å². The van der Waals surface area contributed by atoms with Crippen molar-refractivity contribution in [1.82, 2.24) is 9.88 Å². The zero-order chi connectivity index (χ0) is 25.1. The van der Waals surface area contributed by atoms with E-state index in [1.165, 1.54) is 19.1 Å². The zero-order valence-corrected chi connectivity index (χ0v) is 20.1. The van der Waals surface area contributed by atoms with Crippen LogP contribution in [0.25, 0.3) is 5.76 Å². The van der Waals surface area contributed by atoms with Crippen LogP contribution in [-0.4, -0.2) is 55.0 Å². The summed E-state index contributed by atoms with van der Waals surface area (Å²) in [7, 11) is 6.87. The molecule has 8 heteroatoms. The van der Waals surface area contributed by atoms with Crippen molar-refractivity contribution in [2.45, 2.75) is 12.6 Å². The van der Waals surface area contributed by atoms with Crippen LogP contribution in [0.5, 0.6) is 11.5 Å². The molecule has 3 aromatic rings. The Kier molecular flexibility index (Phi) is 6.73. The first-order valence-corrected chi connectivity index (χ1v) is 11.0. The summed E-state index contributed by atoms with van der Waals surface area (Å²) < 4.78 is 10.6. The molecule has 1 aliphatic heterocycles. The maximum Gasteiger partial charge on any atom is 0.295 e. The molecule has 8 nitrogen and oxygen atoms in total. The highest BCUT2D eigenvalue weighted by molar-refractivity contribution is 6.46. The number of ether oxygens (including phenoxy) is 2. The fraction of sp³-hybridized carbons (Fsp3) is 0.222. The molecule has 180 valence electrons. The van der Waals surface area contributed by atoms with Gasteiger partial charge >= 0.3 is 0 Å². The Labute approximate surface area is 204 Å². The largest absolute Gasteiger partial charge is 0.507 e. The second-order valence-corrected chi connectivity index (χ2v) is 8.34. The number of rotatable bonds is 7. The van der Waals surface area contributed by atoms with Gasteiger partial charge in [-0.05, 0) is 53.6 Å². The molecule has 1 saturated heterocycles. The topological polar surface area (TPSA) is 92.2 Å². The van der Waals surface area contributed by atoms with E-state index in [4.69, 9.17) is 9.47 Å². The summed E-state index contributed by atoms with van der Waals surface area (Å²) in [5.74, 6) is -0.811. The van der Waals surface area contributed by atoms with E-state index >= 15 is 0 Å². The Bertz CT molecular complexity index is 1270. The minimum absolute atomic E-state index is 0.0221. The van der Waals surface area contributed by atoms with Gasteiger partial charge in [-0.15, -0.1) is 0 Å². The number of aromatic nitrogens is 1. The molecule has 1 fully saturated rings. The predicted molar refractivity (Wildman–Crippen MR) is 132 cm³/mol. The Morgan fingerprint density at radius 3 is 2.23 bits per heavy atom. The second-order valence-electron chi connectivity index (χ2n) is 8.34. The maximum atomic E-state index is 13.3. The van der Waals surface area contributed by atoms with E-state index in [-0.39, 0.29) is 17.9 Å². The van der Waals surface area contributed by atoms with Gasteiger partial charge in [-0.25, -0.2) is 0 Å². The first-order chi connectivity index (χ1) is 16.8. The number of aliphatic hydroxyl groups is 1. The van der Waals surface area contributed by atoms with Crippen LogP contribution < -0.4 is 14.4 Å². The molecule has 1 N–H and O–H groups in total. The number of hydrogen-bond acceptors (Lipinski definition) is 7. The molecule has 0 aliphatic carbocycles. The van der Waals surface area contributed by atoms with E-state index < -0.39 is 17.7 Å². The highest BCUT2D eigenvalue weighted by Gasteiger charge is 2.46. The van der Waals surface area contributed by atoms with Crippen molar-refractivity contribution in [3.63, 3.8) is 0 Å². The van der Waals surface area contributed by atoms with Crippen molar-refractivity contribution in [2.24, 2.45) is 0 Å². The van der Waals surface area contributed by atoms with Crippen LogP contribution in [-0.2, 0) is 16.1 Å². The van der Waals surface area contributed by atoms with Gasteiger partial charge in [-0.3, -0.25) is 14.6 Å². The van der Waals surface area contributed by atoms with Crippen LogP contribution in [0.4, 0.5) is 5.69 Å². The Balaban J connectivity index is 1.86. The van der Waals surface area contributed by atoms with Crippen molar-refractivity contribution >= 4 is 23.1 Å². The summed E-state index contributed by atoms with van der Waals surface area (Å²) in [4.78, 5) is 33.9. The molecular weight excluding hydrogens is 446 g/mol. The molecule has 1 aliphatic rings. The molecular formula is C27H27N3O5. The number of nitrogens with zero attached hydrogens (tertiary/aromatic N) is 3. The molecule has 2 heterocycles. The van der Waals surface area contributed by atoms with E-state index in [9.17, 15) is 14.7 Å². The van der Waals surface area contributed by atoms with E-state index in [2.05, 4.69) is 4.98 Å². The van der Waals surface area contributed by atoms with Gasteiger partial charge in [0.05, 0.1) is 25.8 Å². The monoisotopic (exact) mass is 473 g/mol. The number of pyridine rings is 1. The lowest BCUT2D eigenvalue weighted by Crippen LogP contribution is -2.29. The average Bonchev–Trinajstić information content (AvgIpc) is 3.13. The zero-order valence-electron chi connectivity index (χ0n) is 20.1. The van der Waals surface area contributed by atoms with Crippen LogP contribution in [0.1, 0.15) is 22.7 Å². The lowest BCUT2D eigenvalue weighted by Gasteiger charge is -2.26. The number of likely N-dealkylation sites (tertiary alicyclic amines) is 1. The average molecular weight is 474 g/mol. The highest BCUT2D eigenvalue weighted by atomic mass is 16.5. The normalized spacial score (nSPS) is 16.9. The third-order valence-electron chi connectivity index (χ3n) is 6.02. The number of anilines is 1. The number of amides is 1. The fourth-order valence-corrected chi connectivity index (χ4v) is 4.17. The summed E-state index contributed by atoms with van der Waals surface area (Å²) in [5.41, 5.74) is 2.88. The quantitative estimate of drug-likeness (QED) is 0.317. The number of methoxy groups -OCH3 is 2. The van der Waals surface area contributed by atoms with Crippen LogP contribution in [0.15, 0.2) is 72.6 Å². The van der Waals surface area contributed by atoms with Crippen LogP contribution >= 0.6 is 0 Å².